The fourth-order valence-electron chi connectivity index (χ4n) is 7.13. The van der Waals surface area contributed by atoms with Crippen LogP contribution in [0.1, 0.15) is 127 Å². The van der Waals surface area contributed by atoms with Crippen LogP contribution in [0, 0.1) is 0 Å². The van der Waals surface area contributed by atoms with Crippen LogP contribution >= 0.6 is 12.2 Å². The average Bonchev–Trinajstić information content (AvgIpc) is 3.23. The van der Waals surface area contributed by atoms with Crippen LogP contribution in [0.5, 0.6) is 0 Å². The molecular weight excluding hydrogens is 737 g/mol. The van der Waals surface area contributed by atoms with E-state index < -0.39 is 36.8 Å². The van der Waals surface area contributed by atoms with E-state index in [0.717, 1.165) is 40.8 Å². The lowest BCUT2D eigenvalue weighted by Crippen LogP contribution is -2.61. The monoisotopic (exact) mass is 804 g/mol. The van der Waals surface area contributed by atoms with E-state index >= 15 is 0 Å². The first-order valence-corrected chi connectivity index (χ1v) is 21.9. The molecule has 1 aliphatic rings. The molecule has 0 aliphatic carbocycles. The van der Waals surface area contributed by atoms with Crippen molar-refractivity contribution in [1.82, 2.24) is 0 Å². The van der Waals surface area contributed by atoms with Crippen molar-refractivity contribution in [3.05, 3.63) is 108 Å². The van der Waals surface area contributed by atoms with Gasteiger partial charge in [-0.1, -0.05) is 187 Å². The molecule has 3 aromatic carbocycles. The number of hydrogen-bond donors (Lipinski definition) is 1. The highest BCUT2D eigenvalue weighted by atomic mass is 32.1. The van der Waals surface area contributed by atoms with Gasteiger partial charge in [-0.15, -0.1) is 0 Å². The second-order valence-electron chi connectivity index (χ2n) is 15.4. The first kappa shape index (κ1) is 46.7. The predicted molar refractivity (Wildman–Crippen MR) is 230 cm³/mol. The normalized spacial score (nSPS) is 19.9. The third-order valence-electron chi connectivity index (χ3n) is 10.3. The van der Waals surface area contributed by atoms with Gasteiger partial charge in [0.1, 0.15) is 31.0 Å². The van der Waals surface area contributed by atoms with Crippen LogP contribution < -0.4 is 0 Å². The van der Waals surface area contributed by atoms with E-state index in [4.69, 9.17) is 40.6 Å². The zero-order valence-corrected chi connectivity index (χ0v) is 35.3. The molecule has 0 aromatic heterocycles. The van der Waals surface area contributed by atoms with Gasteiger partial charge in [-0.2, -0.15) is 0 Å². The second-order valence-corrected chi connectivity index (χ2v) is 16.1. The van der Waals surface area contributed by atoms with Gasteiger partial charge < -0.3 is 33.5 Å². The number of aliphatic hydroxyl groups is 1. The Kier molecular flexibility index (Phi) is 23.3. The van der Waals surface area contributed by atoms with Crippen LogP contribution in [0.25, 0.3) is 0 Å². The maximum atomic E-state index is 12.5. The quantitative estimate of drug-likeness (QED) is 0.0402. The Balaban J connectivity index is 1.32. The van der Waals surface area contributed by atoms with Gasteiger partial charge in [-0.05, 0) is 34.9 Å². The Hall–Kier alpha value is -3.02. The Labute approximate surface area is 347 Å². The summed E-state index contributed by atoms with van der Waals surface area (Å²) >= 11 is 5.58. The van der Waals surface area contributed by atoms with Crippen LogP contribution in [-0.2, 0) is 53.0 Å². The molecule has 0 amide bonds. The van der Waals surface area contributed by atoms with Crippen molar-refractivity contribution < 1.29 is 38.3 Å². The highest BCUT2D eigenvalue weighted by molar-refractivity contribution is 7.80. The van der Waals surface area contributed by atoms with E-state index in [-0.39, 0.29) is 25.8 Å². The van der Waals surface area contributed by atoms with Crippen LogP contribution in [0.3, 0.4) is 0 Å². The van der Waals surface area contributed by atoms with Gasteiger partial charge in [-0.25, -0.2) is 0 Å². The van der Waals surface area contributed by atoms with Crippen molar-refractivity contribution in [3.8, 4) is 0 Å². The van der Waals surface area contributed by atoms with E-state index in [1.807, 2.05) is 97.9 Å². The molecule has 6 atom stereocenters. The number of unbranched alkanes of at least 4 members (excludes halogenated alkanes) is 12. The highest BCUT2D eigenvalue weighted by Crippen LogP contribution is 2.33. The number of aliphatic hydroxyl groups excluding tert-OH is 1. The zero-order valence-electron chi connectivity index (χ0n) is 34.5. The van der Waals surface area contributed by atoms with Gasteiger partial charge in [0.25, 0.3) is 0 Å². The van der Waals surface area contributed by atoms with Crippen molar-refractivity contribution in [1.29, 1.82) is 0 Å². The topological polar surface area (TPSA) is 92.7 Å². The van der Waals surface area contributed by atoms with Gasteiger partial charge in [-0.3, -0.25) is 4.79 Å². The lowest BCUT2D eigenvalue weighted by molar-refractivity contribution is -0.324. The number of carbonyl (C=O) groups is 1. The molecule has 57 heavy (non-hydrogen) atoms. The number of hydrogen-bond acceptors (Lipinski definition) is 9. The molecule has 4 rings (SSSR count). The molecule has 0 saturated carbocycles. The molecule has 8 nitrogen and oxygen atoms in total. The minimum Gasteiger partial charge on any atom is -0.463 e. The number of carbonyl (C=O) groups excluding carboxylic acids is 1. The third kappa shape index (κ3) is 19.1. The standard InChI is InChI=1S/C48H68O8S/c1-3-4-5-6-7-8-9-10-11-12-13-14-24-31-44(50)51-36-42(49)37-55-48-47(54-35-41-29-22-17-23-30-41)46(53-34-40-27-20-16-21-28-40)45(43(56-48)32-38(2)57)52-33-39-25-18-15-19-26-39/h15-23,25-30,42-43,45-49H,3-14,24,31-37H2,1-2H3/t42?,43-,45-,46+,47-,48+/m1/s1. The molecule has 0 radical (unpaired) electrons. The molecular formula is C48H68O8S. The molecule has 1 heterocycles. The van der Waals surface area contributed by atoms with Crippen LogP contribution in [0.15, 0.2) is 91.0 Å². The second kappa shape index (κ2) is 28.4. The van der Waals surface area contributed by atoms with Gasteiger partial charge in [0.05, 0.1) is 32.5 Å². The lowest BCUT2D eigenvalue weighted by Gasteiger charge is -2.46. The summed E-state index contributed by atoms with van der Waals surface area (Å²) in [4.78, 5) is 13.3. The molecule has 314 valence electrons. The summed E-state index contributed by atoms with van der Waals surface area (Å²) in [6.45, 7) is 4.78. The summed E-state index contributed by atoms with van der Waals surface area (Å²) in [5, 5.41) is 10.9. The summed E-state index contributed by atoms with van der Waals surface area (Å²) in [5.41, 5.74) is 3.00. The largest absolute Gasteiger partial charge is 0.463 e. The highest BCUT2D eigenvalue weighted by Gasteiger charge is 2.49. The number of rotatable bonds is 30. The van der Waals surface area contributed by atoms with Gasteiger partial charge >= 0.3 is 5.97 Å². The Bertz CT molecular complexity index is 1480. The van der Waals surface area contributed by atoms with Crippen LogP contribution in [-0.4, -0.2) is 66.0 Å². The molecule has 0 bridgehead atoms. The Morgan fingerprint density at radius 1 is 0.614 bits per heavy atom. The van der Waals surface area contributed by atoms with Crippen molar-refractivity contribution in [3.63, 3.8) is 0 Å². The molecule has 0 spiro atoms. The number of esters is 1. The summed E-state index contributed by atoms with van der Waals surface area (Å²) in [6, 6.07) is 29.8. The van der Waals surface area contributed by atoms with Gasteiger partial charge in [0, 0.05) is 12.8 Å². The molecule has 1 saturated heterocycles. The summed E-state index contributed by atoms with van der Waals surface area (Å²) < 4.78 is 38.3. The molecule has 9 heteroatoms. The summed E-state index contributed by atoms with van der Waals surface area (Å²) in [7, 11) is 0. The minimum atomic E-state index is -1.06. The lowest BCUT2D eigenvalue weighted by atomic mass is 9.94. The van der Waals surface area contributed by atoms with E-state index in [2.05, 4.69) is 6.92 Å². The van der Waals surface area contributed by atoms with Crippen LogP contribution in [0.4, 0.5) is 0 Å². The molecule has 1 fully saturated rings. The first-order chi connectivity index (χ1) is 27.9. The van der Waals surface area contributed by atoms with Crippen molar-refractivity contribution in [2.45, 2.75) is 167 Å². The van der Waals surface area contributed by atoms with Crippen LogP contribution in [0.2, 0.25) is 0 Å². The zero-order chi connectivity index (χ0) is 40.3. The third-order valence-corrected chi connectivity index (χ3v) is 10.5. The number of thiocarbonyl (C=S) groups is 1. The molecule has 1 unspecified atom stereocenters. The predicted octanol–water partition coefficient (Wildman–Crippen LogP) is 10.6. The molecule has 3 aromatic rings. The Morgan fingerprint density at radius 2 is 1.05 bits per heavy atom. The van der Waals surface area contributed by atoms with Gasteiger partial charge in [0.15, 0.2) is 6.29 Å². The number of ether oxygens (including phenoxy) is 6. The number of benzene rings is 3. The maximum Gasteiger partial charge on any atom is 0.305 e. The van der Waals surface area contributed by atoms with Gasteiger partial charge in [0.2, 0.25) is 0 Å². The SMILES string of the molecule is CCCCCCCCCCCCCCCC(=O)OCC(O)CO[C@H]1O[C@H](CC(C)=S)[C@@H](OCc2ccccc2)[C@H](OCc2ccccc2)[C@H]1OCc1ccccc1. The van der Waals surface area contributed by atoms with Crippen molar-refractivity contribution in [2.75, 3.05) is 13.2 Å². The summed E-state index contributed by atoms with van der Waals surface area (Å²) in [5.74, 6) is -0.306. The van der Waals surface area contributed by atoms with E-state index in [1.54, 1.807) is 0 Å². The minimum absolute atomic E-state index is 0.133. The summed E-state index contributed by atoms with van der Waals surface area (Å²) in [6.07, 6.45) is 12.5. The average molecular weight is 805 g/mol. The fourth-order valence-corrected chi connectivity index (χ4v) is 7.29. The van der Waals surface area contributed by atoms with E-state index in [0.29, 0.717) is 26.1 Å². The smallest absolute Gasteiger partial charge is 0.305 e. The molecule has 1 N–H and O–H groups in total. The van der Waals surface area contributed by atoms with E-state index in [1.165, 1.54) is 64.2 Å². The fraction of sp³-hybridized carbons (Fsp3) is 0.583. The van der Waals surface area contributed by atoms with Crippen molar-refractivity contribution in [2.24, 2.45) is 0 Å². The first-order valence-electron chi connectivity index (χ1n) is 21.5. The maximum absolute atomic E-state index is 12.5. The van der Waals surface area contributed by atoms with Crippen molar-refractivity contribution >= 4 is 23.1 Å². The molecule has 1 aliphatic heterocycles. The van der Waals surface area contributed by atoms with E-state index in [9.17, 15) is 9.90 Å². The Morgan fingerprint density at radius 3 is 1.53 bits per heavy atom.